The molecule has 4 aliphatic heterocycles. The molecule has 2 amide bonds. The van der Waals surface area contributed by atoms with Gasteiger partial charge in [0.05, 0.1) is 92.9 Å². The lowest BCUT2D eigenvalue weighted by Gasteiger charge is -2.53. The minimum atomic E-state index is -0.577. The minimum absolute atomic E-state index is 0.0137. The monoisotopic (exact) mass is 1070 g/mol. The summed E-state index contributed by atoms with van der Waals surface area (Å²) < 4.78 is 79.9. The molecule has 6 aromatic heterocycles. The highest BCUT2D eigenvalue weighted by Crippen LogP contribution is 2.56. The van der Waals surface area contributed by atoms with Gasteiger partial charge in [-0.3, -0.25) is 14.6 Å². The van der Waals surface area contributed by atoms with Gasteiger partial charge in [0.25, 0.3) is 0 Å². The minimum Gasteiger partial charge on any atom is -0.493 e. The van der Waals surface area contributed by atoms with E-state index >= 15 is 8.78 Å². The molecule has 10 heterocycles. The Labute approximate surface area is 446 Å². The standard InChI is InChI=1S/C57H59F2N9O10/c1-32-21-36-50(58)44(26-61-53(36)65-32)78-55-35-23-41(72-4)43(25-38(35)63-31-64-55)75-20-6-8-47(70)68-17-12-57(13-18-68)30-76-52(57)48-33(2)66-54-49(48)51(59)45(27-62-54)77-39-9-14-60-37-24-42(40(71-3)22-34(37)39)74-19-5-7-46(69)67-15-10-56(11-16-67)28-73-29-56/h9,14,21-27,31,52H,5-8,10-13,15-20,28-30H2,1-4H3,(H,61,65)(H,62,66). The average Bonchev–Trinajstić information content (AvgIpc) is 4.14. The van der Waals surface area contributed by atoms with Crippen LogP contribution in [0.3, 0.4) is 0 Å². The lowest BCUT2D eigenvalue weighted by Crippen LogP contribution is -2.53. The van der Waals surface area contributed by atoms with E-state index in [1.165, 1.54) is 25.8 Å². The number of halogens is 2. The van der Waals surface area contributed by atoms with E-state index in [0.717, 1.165) is 50.5 Å². The zero-order valence-corrected chi connectivity index (χ0v) is 43.8. The Morgan fingerprint density at radius 3 is 1.92 bits per heavy atom. The summed E-state index contributed by atoms with van der Waals surface area (Å²) in [6.07, 6.45) is 10.1. The quantitative estimate of drug-likeness (QED) is 0.0813. The fraction of sp³-hybridized carbons (Fsp3) is 0.421. The molecule has 4 fully saturated rings. The molecule has 2 spiro atoms. The molecule has 0 aliphatic carbocycles. The third-order valence-corrected chi connectivity index (χ3v) is 16.0. The number of hydrogen-bond donors (Lipinski definition) is 2. The van der Waals surface area contributed by atoms with Crippen LogP contribution in [0.2, 0.25) is 0 Å². The second kappa shape index (κ2) is 20.8. The normalized spacial score (nSPS) is 17.6. The maximum atomic E-state index is 17.0. The highest BCUT2D eigenvalue weighted by Gasteiger charge is 2.52. The van der Waals surface area contributed by atoms with Crippen LogP contribution in [0.5, 0.6) is 46.1 Å². The predicted octanol–water partition coefficient (Wildman–Crippen LogP) is 9.76. The number of rotatable bonds is 17. The molecule has 1 atom stereocenters. The van der Waals surface area contributed by atoms with Crippen molar-refractivity contribution >= 4 is 55.7 Å². The SMILES string of the molecule is COc1cc2c(Oc3cnc4[nH]c(C)c(C5OCC56CCN(C(=O)CCCOc5cc7ncnc(Oc8cnc9[nH]c(C)cc9c8F)c7cc5OC)CC6)c4c3F)ccnc2cc1OCCCC(=O)N1CCC2(CC1)COC2. The van der Waals surface area contributed by atoms with E-state index in [9.17, 15) is 9.59 Å². The van der Waals surface area contributed by atoms with Crippen molar-refractivity contribution in [2.24, 2.45) is 10.8 Å². The summed E-state index contributed by atoms with van der Waals surface area (Å²) in [6.45, 7) is 8.92. The molecule has 0 radical (unpaired) electrons. The average molecular weight is 1070 g/mol. The summed E-state index contributed by atoms with van der Waals surface area (Å²) in [4.78, 5) is 58.7. The highest BCUT2D eigenvalue weighted by molar-refractivity contribution is 5.90. The molecular weight excluding hydrogens is 1010 g/mol. The fourth-order valence-corrected chi connectivity index (χ4v) is 11.4. The summed E-state index contributed by atoms with van der Waals surface area (Å²) in [5.74, 6) is 1.04. The van der Waals surface area contributed by atoms with Gasteiger partial charge in [-0.15, -0.1) is 0 Å². The largest absolute Gasteiger partial charge is 0.493 e. The number of amides is 2. The van der Waals surface area contributed by atoms with Gasteiger partial charge in [-0.25, -0.2) is 28.7 Å². The van der Waals surface area contributed by atoms with Crippen LogP contribution in [-0.4, -0.2) is 130 Å². The van der Waals surface area contributed by atoms with E-state index < -0.39 is 17.7 Å². The molecule has 12 rings (SSSR count). The van der Waals surface area contributed by atoms with E-state index in [-0.39, 0.29) is 53.1 Å². The Hall–Kier alpha value is -7.91. The summed E-state index contributed by atoms with van der Waals surface area (Å²) in [5.41, 5.74) is 4.00. The first-order valence-electron chi connectivity index (χ1n) is 26.4. The van der Waals surface area contributed by atoms with Gasteiger partial charge in [0.1, 0.15) is 23.4 Å². The lowest BCUT2D eigenvalue weighted by atomic mass is 9.68. The molecule has 0 bridgehead atoms. The van der Waals surface area contributed by atoms with Gasteiger partial charge in [-0.2, -0.15) is 0 Å². The number of nitrogens with one attached hydrogen (secondary N) is 2. The number of likely N-dealkylation sites (tertiary alicyclic amines) is 2. The van der Waals surface area contributed by atoms with E-state index in [2.05, 4.69) is 34.9 Å². The maximum absolute atomic E-state index is 17.0. The zero-order chi connectivity index (χ0) is 53.7. The van der Waals surface area contributed by atoms with Crippen molar-refractivity contribution in [2.75, 3.05) is 73.4 Å². The summed E-state index contributed by atoms with van der Waals surface area (Å²) in [6, 6.07) is 10.2. The van der Waals surface area contributed by atoms with Crippen LogP contribution >= 0.6 is 0 Å². The summed E-state index contributed by atoms with van der Waals surface area (Å²) in [5, 5.41) is 1.66. The number of aromatic nitrogens is 7. The Kier molecular flexibility index (Phi) is 13.6. The van der Waals surface area contributed by atoms with Crippen LogP contribution in [0.4, 0.5) is 8.78 Å². The lowest BCUT2D eigenvalue weighted by molar-refractivity contribution is -0.211. The van der Waals surface area contributed by atoms with Crippen LogP contribution < -0.4 is 28.4 Å². The molecule has 2 N–H and O–H groups in total. The van der Waals surface area contributed by atoms with E-state index in [4.69, 9.17) is 37.9 Å². The maximum Gasteiger partial charge on any atom is 0.230 e. The molecule has 2 aromatic carbocycles. The van der Waals surface area contributed by atoms with Gasteiger partial charge in [-0.05, 0) is 76.6 Å². The van der Waals surface area contributed by atoms with E-state index in [0.29, 0.717) is 137 Å². The van der Waals surface area contributed by atoms with E-state index in [1.54, 1.807) is 49.7 Å². The zero-order valence-electron chi connectivity index (χ0n) is 43.8. The number of nitrogens with zero attached hydrogens (tertiary/aromatic N) is 7. The molecule has 406 valence electrons. The number of piperidine rings is 2. The number of aromatic amines is 2. The molecule has 4 saturated heterocycles. The van der Waals surface area contributed by atoms with Gasteiger partial charge in [0.15, 0.2) is 46.1 Å². The molecular formula is C57H59F2N9O10. The number of ether oxygens (including phenoxy) is 8. The van der Waals surface area contributed by atoms with Crippen LogP contribution in [0.1, 0.15) is 74.4 Å². The van der Waals surface area contributed by atoms with Crippen molar-refractivity contribution in [3.05, 3.63) is 89.9 Å². The smallest absolute Gasteiger partial charge is 0.230 e. The van der Waals surface area contributed by atoms with Crippen LogP contribution in [0, 0.1) is 36.3 Å². The van der Waals surface area contributed by atoms with Crippen molar-refractivity contribution in [2.45, 2.75) is 71.3 Å². The topological polar surface area (TPSA) is 210 Å². The number of methoxy groups -OCH3 is 2. The third-order valence-electron chi connectivity index (χ3n) is 16.0. The second-order valence-corrected chi connectivity index (χ2v) is 20.9. The van der Waals surface area contributed by atoms with Crippen LogP contribution in [-0.2, 0) is 19.1 Å². The number of carbonyl (C=O) groups is 2. The first-order valence-corrected chi connectivity index (χ1v) is 26.4. The Morgan fingerprint density at radius 1 is 0.667 bits per heavy atom. The first-order chi connectivity index (χ1) is 37.9. The first kappa shape index (κ1) is 50.9. The number of carbonyl (C=O) groups excluding carboxylic acids is 2. The van der Waals surface area contributed by atoms with Crippen molar-refractivity contribution in [3.63, 3.8) is 0 Å². The number of benzene rings is 2. The van der Waals surface area contributed by atoms with Crippen molar-refractivity contribution in [1.82, 2.24) is 44.7 Å². The summed E-state index contributed by atoms with van der Waals surface area (Å²) >= 11 is 0. The molecule has 1 unspecified atom stereocenters. The number of hydrogen-bond acceptors (Lipinski definition) is 15. The molecule has 78 heavy (non-hydrogen) atoms. The van der Waals surface area contributed by atoms with Crippen LogP contribution in [0.15, 0.2) is 61.3 Å². The van der Waals surface area contributed by atoms with E-state index in [1.807, 2.05) is 23.6 Å². The van der Waals surface area contributed by atoms with Gasteiger partial charge >= 0.3 is 0 Å². The second-order valence-electron chi connectivity index (χ2n) is 20.9. The van der Waals surface area contributed by atoms with Crippen LogP contribution in [0.25, 0.3) is 43.9 Å². The van der Waals surface area contributed by atoms with Gasteiger partial charge < -0.3 is 57.7 Å². The summed E-state index contributed by atoms with van der Waals surface area (Å²) in [7, 11) is 3.05. The molecule has 8 aromatic rings. The Morgan fingerprint density at radius 2 is 1.29 bits per heavy atom. The van der Waals surface area contributed by atoms with Gasteiger partial charge in [0, 0.05) is 90.5 Å². The van der Waals surface area contributed by atoms with Crippen molar-refractivity contribution in [1.29, 1.82) is 0 Å². The predicted molar refractivity (Wildman–Crippen MR) is 282 cm³/mol. The molecule has 4 aliphatic rings. The van der Waals surface area contributed by atoms with Crippen molar-refractivity contribution < 1.29 is 56.3 Å². The number of pyridine rings is 3. The Bertz CT molecular complexity index is 3610. The van der Waals surface area contributed by atoms with Gasteiger partial charge in [0.2, 0.25) is 17.7 Å². The Balaban J connectivity index is 0.657. The number of H-pyrrole nitrogens is 2. The fourth-order valence-electron chi connectivity index (χ4n) is 11.4. The number of fused-ring (bicyclic) bond motifs is 4. The molecule has 0 saturated carbocycles. The molecule has 21 heteroatoms. The van der Waals surface area contributed by atoms with Gasteiger partial charge in [-0.1, -0.05) is 0 Å². The number of aryl methyl sites for hydroxylation is 2. The molecule has 19 nitrogen and oxygen atoms in total. The third kappa shape index (κ3) is 9.45. The van der Waals surface area contributed by atoms with Crippen molar-refractivity contribution in [3.8, 4) is 46.1 Å². The highest BCUT2D eigenvalue weighted by atomic mass is 19.1.